The van der Waals surface area contributed by atoms with Crippen LogP contribution in [0.25, 0.3) is 0 Å². The van der Waals surface area contributed by atoms with Crippen LogP contribution >= 0.6 is 0 Å². The van der Waals surface area contributed by atoms with Gasteiger partial charge in [-0.05, 0) is 55.5 Å². The fourth-order valence-corrected chi connectivity index (χ4v) is 4.15. The lowest BCUT2D eigenvalue weighted by Gasteiger charge is -2.29. The van der Waals surface area contributed by atoms with Crippen LogP contribution in [0.3, 0.4) is 0 Å². The number of hydrogen-bond acceptors (Lipinski definition) is 5. The second-order valence-electron chi connectivity index (χ2n) is 7.72. The molecule has 2 heterocycles. The largest absolute Gasteiger partial charge is 0.493 e. The molecule has 1 aliphatic carbocycles. The average molecular weight is 380 g/mol. The van der Waals surface area contributed by atoms with Crippen molar-refractivity contribution in [2.75, 3.05) is 23.4 Å². The quantitative estimate of drug-likeness (QED) is 0.847. The maximum Gasteiger partial charge on any atom is 0.259 e. The van der Waals surface area contributed by atoms with Gasteiger partial charge in [0.1, 0.15) is 11.6 Å². The summed E-state index contributed by atoms with van der Waals surface area (Å²) in [5, 5.41) is 3.49. The highest BCUT2D eigenvalue weighted by Crippen LogP contribution is 2.28. The van der Waals surface area contributed by atoms with E-state index in [1.807, 2.05) is 25.1 Å². The SMILES string of the molecule is CCN(C(=O)c1ccc2c(c1)CCO2)c1ccnc(NC2CCCCC2C)n1. The fraction of sp³-hybridized carbons (Fsp3) is 0.500. The summed E-state index contributed by atoms with van der Waals surface area (Å²) in [5.41, 5.74) is 1.76. The van der Waals surface area contributed by atoms with E-state index in [2.05, 4.69) is 22.2 Å². The summed E-state index contributed by atoms with van der Waals surface area (Å²) in [4.78, 5) is 23.9. The Kier molecular flexibility index (Phi) is 5.46. The average Bonchev–Trinajstić information content (AvgIpc) is 3.18. The normalized spacial score (nSPS) is 20.9. The van der Waals surface area contributed by atoms with Gasteiger partial charge in [0.15, 0.2) is 0 Å². The molecule has 2 aliphatic rings. The molecule has 0 radical (unpaired) electrons. The first kappa shape index (κ1) is 18.7. The number of fused-ring (bicyclic) bond motifs is 1. The number of anilines is 2. The zero-order valence-electron chi connectivity index (χ0n) is 16.6. The lowest BCUT2D eigenvalue weighted by Crippen LogP contribution is -2.33. The smallest absolute Gasteiger partial charge is 0.259 e. The third-order valence-corrected chi connectivity index (χ3v) is 5.84. The summed E-state index contributed by atoms with van der Waals surface area (Å²) < 4.78 is 5.55. The molecule has 0 bridgehead atoms. The molecule has 0 saturated heterocycles. The summed E-state index contributed by atoms with van der Waals surface area (Å²) in [5.74, 6) is 2.68. The Balaban J connectivity index is 1.53. The third kappa shape index (κ3) is 3.81. The van der Waals surface area contributed by atoms with Crippen molar-refractivity contribution in [3.8, 4) is 5.75 Å². The number of rotatable bonds is 5. The third-order valence-electron chi connectivity index (χ3n) is 5.84. The first-order valence-corrected chi connectivity index (χ1v) is 10.3. The molecule has 0 spiro atoms. The second kappa shape index (κ2) is 8.17. The van der Waals surface area contributed by atoms with Crippen molar-refractivity contribution in [2.24, 2.45) is 5.92 Å². The van der Waals surface area contributed by atoms with E-state index in [0.29, 0.717) is 42.4 Å². The van der Waals surface area contributed by atoms with Crippen LogP contribution in [0.2, 0.25) is 0 Å². The summed E-state index contributed by atoms with van der Waals surface area (Å²) in [6.07, 6.45) is 7.49. The number of carbonyl (C=O) groups excluding carboxylic acids is 1. The van der Waals surface area contributed by atoms with Crippen molar-refractivity contribution >= 4 is 17.7 Å². The standard InChI is InChI=1S/C22H28N4O2/c1-3-26(21(27)17-8-9-19-16(14-17)11-13-28-19)20-10-12-23-22(25-20)24-18-7-5-4-6-15(18)2/h8-10,12,14-15,18H,3-7,11,13H2,1-2H3,(H,23,24,25). The highest BCUT2D eigenvalue weighted by molar-refractivity contribution is 6.05. The van der Waals surface area contributed by atoms with Crippen molar-refractivity contribution in [2.45, 2.75) is 52.0 Å². The van der Waals surface area contributed by atoms with E-state index >= 15 is 0 Å². The number of amides is 1. The number of nitrogens with zero attached hydrogens (tertiary/aromatic N) is 3. The minimum atomic E-state index is -0.0483. The minimum Gasteiger partial charge on any atom is -0.493 e. The Morgan fingerprint density at radius 1 is 1.29 bits per heavy atom. The monoisotopic (exact) mass is 380 g/mol. The number of aromatic nitrogens is 2. The molecule has 1 saturated carbocycles. The maximum absolute atomic E-state index is 13.1. The molecular formula is C22H28N4O2. The highest BCUT2D eigenvalue weighted by atomic mass is 16.5. The van der Waals surface area contributed by atoms with Crippen LogP contribution in [-0.4, -0.2) is 35.1 Å². The molecule has 1 amide bonds. The van der Waals surface area contributed by atoms with Gasteiger partial charge in [-0.3, -0.25) is 9.69 Å². The van der Waals surface area contributed by atoms with E-state index in [-0.39, 0.29) is 5.91 Å². The van der Waals surface area contributed by atoms with Crippen molar-refractivity contribution in [3.05, 3.63) is 41.6 Å². The Hall–Kier alpha value is -2.63. The van der Waals surface area contributed by atoms with E-state index in [1.165, 1.54) is 19.3 Å². The molecule has 1 aliphatic heterocycles. The number of carbonyl (C=O) groups is 1. The molecular weight excluding hydrogens is 352 g/mol. The van der Waals surface area contributed by atoms with Gasteiger partial charge in [-0.1, -0.05) is 19.8 Å². The molecule has 6 nitrogen and oxygen atoms in total. The van der Waals surface area contributed by atoms with Crippen LogP contribution in [0.4, 0.5) is 11.8 Å². The zero-order chi connectivity index (χ0) is 19.5. The molecule has 2 aromatic rings. The van der Waals surface area contributed by atoms with E-state index < -0.39 is 0 Å². The van der Waals surface area contributed by atoms with E-state index in [9.17, 15) is 4.79 Å². The van der Waals surface area contributed by atoms with Crippen molar-refractivity contribution in [1.82, 2.24) is 9.97 Å². The molecule has 1 fully saturated rings. The van der Waals surface area contributed by atoms with Crippen LogP contribution in [-0.2, 0) is 6.42 Å². The Morgan fingerprint density at radius 2 is 2.14 bits per heavy atom. The summed E-state index contributed by atoms with van der Waals surface area (Å²) >= 11 is 0. The van der Waals surface area contributed by atoms with E-state index in [1.54, 1.807) is 17.2 Å². The molecule has 2 atom stereocenters. The first-order valence-electron chi connectivity index (χ1n) is 10.3. The van der Waals surface area contributed by atoms with Gasteiger partial charge in [-0.15, -0.1) is 0 Å². The first-order chi connectivity index (χ1) is 13.7. The minimum absolute atomic E-state index is 0.0483. The van der Waals surface area contributed by atoms with Gasteiger partial charge in [-0.25, -0.2) is 4.98 Å². The Morgan fingerprint density at radius 3 is 2.96 bits per heavy atom. The number of nitrogens with one attached hydrogen (secondary N) is 1. The predicted molar refractivity (Wildman–Crippen MR) is 110 cm³/mol. The molecule has 1 aromatic carbocycles. The number of hydrogen-bond donors (Lipinski definition) is 1. The Bertz CT molecular complexity index is 854. The van der Waals surface area contributed by atoms with E-state index in [4.69, 9.17) is 4.74 Å². The van der Waals surface area contributed by atoms with Gasteiger partial charge < -0.3 is 10.1 Å². The van der Waals surface area contributed by atoms with Gasteiger partial charge in [0.2, 0.25) is 5.95 Å². The maximum atomic E-state index is 13.1. The molecule has 4 rings (SSSR count). The summed E-state index contributed by atoms with van der Waals surface area (Å²) in [6.45, 7) is 5.47. The lowest BCUT2D eigenvalue weighted by molar-refractivity contribution is 0.0987. The number of benzene rings is 1. The summed E-state index contributed by atoms with van der Waals surface area (Å²) in [7, 11) is 0. The molecule has 1 aromatic heterocycles. The molecule has 28 heavy (non-hydrogen) atoms. The lowest BCUT2D eigenvalue weighted by atomic mass is 9.86. The van der Waals surface area contributed by atoms with Crippen LogP contribution in [0, 0.1) is 5.92 Å². The van der Waals surface area contributed by atoms with Crippen molar-refractivity contribution in [3.63, 3.8) is 0 Å². The van der Waals surface area contributed by atoms with Crippen LogP contribution < -0.4 is 15.0 Å². The van der Waals surface area contributed by atoms with Gasteiger partial charge in [0, 0.05) is 30.8 Å². The molecule has 2 unspecified atom stereocenters. The second-order valence-corrected chi connectivity index (χ2v) is 7.72. The van der Waals surface area contributed by atoms with Crippen molar-refractivity contribution in [1.29, 1.82) is 0 Å². The van der Waals surface area contributed by atoms with Crippen LogP contribution in [0.1, 0.15) is 55.5 Å². The molecule has 6 heteroatoms. The van der Waals surface area contributed by atoms with Gasteiger partial charge in [0.25, 0.3) is 5.91 Å². The predicted octanol–water partition coefficient (Wildman–Crippen LogP) is 4.07. The van der Waals surface area contributed by atoms with Gasteiger partial charge in [0.05, 0.1) is 6.61 Å². The Labute approximate surface area is 166 Å². The van der Waals surface area contributed by atoms with Crippen LogP contribution in [0.15, 0.2) is 30.5 Å². The zero-order valence-corrected chi connectivity index (χ0v) is 16.6. The van der Waals surface area contributed by atoms with Gasteiger partial charge in [-0.2, -0.15) is 4.98 Å². The topological polar surface area (TPSA) is 67.4 Å². The van der Waals surface area contributed by atoms with Crippen molar-refractivity contribution < 1.29 is 9.53 Å². The van der Waals surface area contributed by atoms with Gasteiger partial charge >= 0.3 is 0 Å². The molecule has 1 N–H and O–H groups in total. The summed E-state index contributed by atoms with van der Waals surface area (Å²) in [6, 6.07) is 7.86. The highest BCUT2D eigenvalue weighted by Gasteiger charge is 2.23. The fourth-order valence-electron chi connectivity index (χ4n) is 4.15. The van der Waals surface area contributed by atoms with Crippen LogP contribution in [0.5, 0.6) is 5.75 Å². The van der Waals surface area contributed by atoms with E-state index in [0.717, 1.165) is 24.2 Å². The molecule has 148 valence electrons. The number of ether oxygens (including phenoxy) is 1.